The second-order valence-corrected chi connectivity index (χ2v) is 5.07. The average molecular weight is 281 g/mol. The van der Waals surface area contributed by atoms with Crippen LogP contribution in [-0.4, -0.2) is 38.7 Å². The van der Waals surface area contributed by atoms with E-state index in [1.54, 1.807) is 4.68 Å². The molecule has 0 bridgehead atoms. The van der Waals surface area contributed by atoms with Crippen LogP contribution in [0, 0.1) is 11.3 Å². The molecule has 0 radical (unpaired) electrons. The van der Waals surface area contributed by atoms with Crippen molar-refractivity contribution in [2.24, 2.45) is 0 Å². The Bertz CT molecular complexity index is 677. The average Bonchev–Trinajstić information content (AvgIpc) is 3.19. The number of hydrogen-bond donors (Lipinski definition) is 0. The van der Waals surface area contributed by atoms with Gasteiger partial charge >= 0.3 is 0 Å². The number of likely N-dealkylation sites (tertiary alicyclic amines) is 1. The molecule has 0 spiro atoms. The predicted molar refractivity (Wildman–Crippen MR) is 75.4 cm³/mol. The Labute approximate surface area is 122 Å². The first-order valence-electron chi connectivity index (χ1n) is 6.94. The van der Waals surface area contributed by atoms with Gasteiger partial charge in [-0.1, -0.05) is 12.1 Å². The van der Waals surface area contributed by atoms with Crippen LogP contribution >= 0.6 is 0 Å². The molecule has 1 aliphatic rings. The Hall–Kier alpha value is -2.68. The van der Waals surface area contributed by atoms with E-state index < -0.39 is 0 Å². The van der Waals surface area contributed by atoms with Gasteiger partial charge in [0.25, 0.3) is 11.7 Å². The van der Waals surface area contributed by atoms with Crippen molar-refractivity contribution in [3.63, 3.8) is 0 Å². The van der Waals surface area contributed by atoms with Gasteiger partial charge in [0.2, 0.25) is 0 Å². The summed E-state index contributed by atoms with van der Waals surface area (Å²) in [6, 6.07) is 9.41. The molecule has 0 aliphatic carbocycles. The van der Waals surface area contributed by atoms with Crippen molar-refractivity contribution in [2.45, 2.75) is 19.4 Å². The Kier molecular flexibility index (Phi) is 3.65. The summed E-state index contributed by atoms with van der Waals surface area (Å²) in [7, 11) is 0. The fourth-order valence-corrected chi connectivity index (χ4v) is 2.46. The molecule has 0 saturated carbocycles. The first kappa shape index (κ1) is 13.3. The second kappa shape index (κ2) is 5.75. The summed E-state index contributed by atoms with van der Waals surface area (Å²) in [4.78, 5) is 18.0. The molecule has 1 fully saturated rings. The molecule has 1 aromatic carbocycles. The van der Waals surface area contributed by atoms with E-state index in [1.165, 1.54) is 6.33 Å². The topological polar surface area (TPSA) is 74.8 Å². The third kappa shape index (κ3) is 2.92. The third-order valence-corrected chi connectivity index (χ3v) is 3.58. The van der Waals surface area contributed by atoms with Gasteiger partial charge in [0.1, 0.15) is 12.4 Å². The molecule has 0 unspecified atom stereocenters. The van der Waals surface area contributed by atoms with Gasteiger partial charge in [-0.2, -0.15) is 5.26 Å². The largest absolute Gasteiger partial charge is 0.339 e. The lowest BCUT2D eigenvalue weighted by atomic mass is 10.1. The van der Waals surface area contributed by atoms with E-state index in [1.807, 2.05) is 35.2 Å². The number of amides is 1. The number of rotatable bonds is 3. The number of nitrogens with zero attached hydrogens (tertiary/aromatic N) is 5. The van der Waals surface area contributed by atoms with E-state index in [0.717, 1.165) is 37.1 Å². The third-order valence-electron chi connectivity index (χ3n) is 3.58. The van der Waals surface area contributed by atoms with E-state index in [9.17, 15) is 4.79 Å². The highest BCUT2D eigenvalue weighted by Crippen LogP contribution is 2.14. The monoisotopic (exact) mass is 281 g/mol. The molecule has 1 saturated heterocycles. The quantitative estimate of drug-likeness (QED) is 0.853. The van der Waals surface area contributed by atoms with Crippen molar-refractivity contribution in [3.05, 3.63) is 47.5 Å². The van der Waals surface area contributed by atoms with Gasteiger partial charge in [-0.15, -0.1) is 5.10 Å². The summed E-state index contributed by atoms with van der Waals surface area (Å²) in [6.45, 7) is 2.25. The molecule has 2 heterocycles. The number of aromatic nitrogens is 3. The van der Waals surface area contributed by atoms with E-state index in [4.69, 9.17) is 5.26 Å². The normalized spacial score (nSPS) is 14.1. The minimum atomic E-state index is 0.103. The zero-order valence-electron chi connectivity index (χ0n) is 11.6. The number of nitriles is 1. The van der Waals surface area contributed by atoms with Gasteiger partial charge < -0.3 is 4.90 Å². The fraction of sp³-hybridized carbons (Fsp3) is 0.333. The summed E-state index contributed by atoms with van der Waals surface area (Å²) in [5.41, 5.74) is 1.74. The highest BCUT2D eigenvalue weighted by atomic mass is 16.2. The lowest BCUT2D eigenvalue weighted by molar-refractivity contribution is 0.0793. The zero-order valence-corrected chi connectivity index (χ0v) is 11.6. The minimum Gasteiger partial charge on any atom is -0.339 e. The zero-order chi connectivity index (χ0) is 14.7. The van der Waals surface area contributed by atoms with E-state index in [-0.39, 0.29) is 11.7 Å². The molecular weight excluding hydrogens is 266 g/mol. The van der Waals surface area contributed by atoms with Crippen LogP contribution in [0.4, 0.5) is 0 Å². The van der Waals surface area contributed by atoms with Gasteiger partial charge in [0, 0.05) is 18.7 Å². The maximum absolute atomic E-state index is 12.2. The Morgan fingerprint density at radius 3 is 2.57 bits per heavy atom. The van der Waals surface area contributed by atoms with E-state index >= 15 is 0 Å². The smallest absolute Gasteiger partial charge is 0.253 e. The van der Waals surface area contributed by atoms with Gasteiger partial charge in [-0.3, -0.25) is 4.79 Å². The molecular formula is C15H15N5O. The van der Waals surface area contributed by atoms with Crippen LogP contribution in [0.15, 0.2) is 30.6 Å². The number of hydrogen-bond acceptors (Lipinski definition) is 4. The van der Waals surface area contributed by atoms with Crippen LogP contribution in [0.5, 0.6) is 0 Å². The standard InChI is InChI=1S/C15H15N5O/c16-9-14-17-11-20(18-14)10-12-3-5-13(6-4-12)15(21)19-7-1-2-8-19/h3-6,11H,1-2,7-8,10H2. The molecule has 106 valence electrons. The molecule has 1 aliphatic heterocycles. The summed E-state index contributed by atoms with van der Waals surface area (Å²) in [5.74, 6) is 0.266. The highest BCUT2D eigenvalue weighted by molar-refractivity contribution is 5.94. The lowest BCUT2D eigenvalue weighted by Crippen LogP contribution is -2.27. The molecule has 1 amide bonds. The molecule has 6 nitrogen and oxygen atoms in total. The maximum atomic E-state index is 12.2. The Balaban J connectivity index is 1.69. The van der Waals surface area contributed by atoms with Crippen LogP contribution < -0.4 is 0 Å². The van der Waals surface area contributed by atoms with Crippen molar-refractivity contribution < 1.29 is 4.79 Å². The van der Waals surface area contributed by atoms with Crippen LogP contribution in [0.3, 0.4) is 0 Å². The van der Waals surface area contributed by atoms with Crippen molar-refractivity contribution in [3.8, 4) is 6.07 Å². The Morgan fingerprint density at radius 2 is 1.95 bits per heavy atom. The number of carbonyl (C=O) groups excluding carboxylic acids is 1. The van der Waals surface area contributed by atoms with Crippen LogP contribution in [0.2, 0.25) is 0 Å². The summed E-state index contributed by atoms with van der Waals surface area (Å²) in [5, 5.41) is 12.7. The molecule has 1 aromatic heterocycles. The van der Waals surface area contributed by atoms with E-state index in [2.05, 4.69) is 10.1 Å². The van der Waals surface area contributed by atoms with Gasteiger partial charge in [-0.05, 0) is 30.5 Å². The van der Waals surface area contributed by atoms with Crippen LogP contribution in [0.1, 0.15) is 34.6 Å². The summed E-state index contributed by atoms with van der Waals surface area (Å²) < 4.78 is 1.61. The van der Waals surface area contributed by atoms with Crippen molar-refractivity contribution in [1.29, 1.82) is 5.26 Å². The lowest BCUT2D eigenvalue weighted by Gasteiger charge is -2.15. The summed E-state index contributed by atoms with van der Waals surface area (Å²) in [6.07, 6.45) is 3.72. The molecule has 6 heteroatoms. The highest BCUT2D eigenvalue weighted by Gasteiger charge is 2.19. The van der Waals surface area contributed by atoms with Crippen LogP contribution in [-0.2, 0) is 6.54 Å². The number of benzene rings is 1. The van der Waals surface area contributed by atoms with Gasteiger partial charge in [0.15, 0.2) is 0 Å². The summed E-state index contributed by atoms with van der Waals surface area (Å²) >= 11 is 0. The van der Waals surface area contributed by atoms with E-state index in [0.29, 0.717) is 6.54 Å². The molecule has 2 aromatic rings. The first-order chi connectivity index (χ1) is 10.3. The van der Waals surface area contributed by atoms with Crippen molar-refractivity contribution >= 4 is 5.91 Å². The molecule has 21 heavy (non-hydrogen) atoms. The molecule has 0 atom stereocenters. The Morgan fingerprint density at radius 1 is 1.24 bits per heavy atom. The molecule has 0 N–H and O–H groups in total. The van der Waals surface area contributed by atoms with Gasteiger partial charge in [-0.25, -0.2) is 9.67 Å². The van der Waals surface area contributed by atoms with Gasteiger partial charge in [0.05, 0.1) is 6.54 Å². The molecule has 3 rings (SSSR count). The number of carbonyl (C=O) groups is 1. The van der Waals surface area contributed by atoms with Crippen molar-refractivity contribution in [1.82, 2.24) is 19.7 Å². The maximum Gasteiger partial charge on any atom is 0.253 e. The minimum absolute atomic E-state index is 0.103. The predicted octanol–water partition coefficient (Wildman–Crippen LogP) is 1.43. The second-order valence-electron chi connectivity index (χ2n) is 5.07. The SMILES string of the molecule is N#Cc1ncn(Cc2ccc(C(=O)N3CCCC3)cc2)n1. The fourth-order valence-electron chi connectivity index (χ4n) is 2.46. The van der Waals surface area contributed by atoms with Crippen molar-refractivity contribution in [2.75, 3.05) is 13.1 Å². The first-order valence-corrected chi connectivity index (χ1v) is 6.94. The van der Waals surface area contributed by atoms with Crippen LogP contribution in [0.25, 0.3) is 0 Å².